The smallest absolute Gasteiger partial charge is 0.152 e. The van der Waals surface area contributed by atoms with Gasteiger partial charge in [0.15, 0.2) is 5.82 Å². The zero-order valence-electron chi connectivity index (χ0n) is 8.34. The van der Waals surface area contributed by atoms with Gasteiger partial charge in [-0.25, -0.2) is 0 Å². The molecule has 0 N–H and O–H groups in total. The minimum absolute atomic E-state index is 0.347. The van der Waals surface area contributed by atoms with E-state index >= 15 is 0 Å². The van der Waals surface area contributed by atoms with E-state index in [4.69, 9.17) is 11.6 Å². The molecule has 2 rings (SSSR count). The van der Waals surface area contributed by atoms with Crippen LogP contribution in [-0.2, 0) is 19.0 Å². The lowest BCUT2D eigenvalue weighted by Gasteiger charge is -2.05. The van der Waals surface area contributed by atoms with Crippen LogP contribution in [0, 0.1) is 0 Å². The molecule has 6 nitrogen and oxygen atoms in total. The van der Waals surface area contributed by atoms with Gasteiger partial charge in [-0.1, -0.05) is 0 Å². The van der Waals surface area contributed by atoms with Crippen molar-refractivity contribution in [2.45, 2.75) is 25.9 Å². The van der Waals surface area contributed by atoms with E-state index in [1.54, 1.807) is 12.7 Å². The molecule has 0 saturated carbocycles. The Morgan fingerprint density at radius 1 is 1.13 bits per heavy atom. The SMILES string of the molecule is CCn1cnnc1Cn1cnnc1CCl. The van der Waals surface area contributed by atoms with Gasteiger partial charge in [0.1, 0.15) is 18.5 Å². The van der Waals surface area contributed by atoms with Crippen molar-refractivity contribution in [2.24, 2.45) is 0 Å². The van der Waals surface area contributed by atoms with Crippen LogP contribution in [0.25, 0.3) is 0 Å². The molecule has 80 valence electrons. The Kier molecular flexibility index (Phi) is 2.96. The van der Waals surface area contributed by atoms with Crippen molar-refractivity contribution >= 4 is 11.6 Å². The molecule has 0 fully saturated rings. The van der Waals surface area contributed by atoms with Crippen molar-refractivity contribution in [3.8, 4) is 0 Å². The summed E-state index contributed by atoms with van der Waals surface area (Å²) in [4.78, 5) is 0. The van der Waals surface area contributed by atoms with E-state index in [1.807, 2.05) is 16.1 Å². The highest BCUT2D eigenvalue weighted by Gasteiger charge is 2.07. The molecule has 15 heavy (non-hydrogen) atoms. The van der Waals surface area contributed by atoms with Gasteiger partial charge in [-0.3, -0.25) is 0 Å². The maximum atomic E-state index is 5.72. The Bertz CT molecular complexity index is 394. The number of aryl methyl sites for hydroxylation is 1. The average molecular weight is 227 g/mol. The molecule has 0 aliphatic carbocycles. The molecule has 0 aliphatic rings. The van der Waals surface area contributed by atoms with E-state index in [2.05, 4.69) is 20.4 Å². The maximum Gasteiger partial charge on any atom is 0.152 e. The van der Waals surface area contributed by atoms with Gasteiger partial charge in [-0.2, -0.15) is 0 Å². The molecule has 0 amide bonds. The van der Waals surface area contributed by atoms with Crippen molar-refractivity contribution in [1.82, 2.24) is 29.5 Å². The second-order valence-electron chi connectivity index (χ2n) is 3.04. The number of halogens is 1. The van der Waals surface area contributed by atoms with Gasteiger partial charge in [0.25, 0.3) is 0 Å². The van der Waals surface area contributed by atoms with Crippen LogP contribution in [-0.4, -0.2) is 29.5 Å². The summed E-state index contributed by atoms with van der Waals surface area (Å²) in [6.45, 7) is 3.49. The largest absolute Gasteiger partial charge is 0.316 e. The van der Waals surface area contributed by atoms with Gasteiger partial charge in [0, 0.05) is 6.54 Å². The molecule has 2 aromatic heterocycles. The highest BCUT2D eigenvalue weighted by atomic mass is 35.5. The monoisotopic (exact) mass is 226 g/mol. The Labute approximate surface area is 91.9 Å². The van der Waals surface area contributed by atoms with Gasteiger partial charge in [0.05, 0.1) is 12.4 Å². The van der Waals surface area contributed by atoms with Gasteiger partial charge < -0.3 is 9.13 Å². The molecule has 0 bridgehead atoms. The summed E-state index contributed by atoms with van der Waals surface area (Å²) < 4.78 is 3.83. The third-order valence-electron chi connectivity index (χ3n) is 2.16. The normalized spacial score (nSPS) is 10.8. The van der Waals surface area contributed by atoms with Crippen molar-refractivity contribution < 1.29 is 0 Å². The number of alkyl halides is 1. The summed E-state index contributed by atoms with van der Waals surface area (Å²) in [5.74, 6) is 1.96. The van der Waals surface area contributed by atoms with Gasteiger partial charge in [0.2, 0.25) is 0 Å². The van der Waals surface area contributed by atoms with E-state index in [-0.39, 0.29) is 0 Å². The summed E-state index contributed by atoms with van der Waals surface area (Å²) in [6, 6.07) is 0. The summed E-state index contributed by atoms with van der Waals surface area (Å²) in [6.07, 6.45) is 3.35. The summed E-state index contributed by atoms with van der Waals surface area (Å²) in [7, 11) is 0. The first kappa shape index (κ1) is 10.1. The van der Waals surface area contributed by atoms with E-state index in [1.165, 1.54) is 0 Å². The third kappa shape index (κ3) is 1.99. The molecule has 0 unspecified atom stereocenters. The van der Waals surface area contributed by atoms with Crippen LogP contribution in [0.4, 0.5) is 0 Å². The van der Waals surface area contributed by atoms with E-state index < -0.39 is 0 Å². The molecule has 0 aliphatic heterocycles. The lowest BCUT2D eigenvalue weighted by molar-refractivity contribution is 0.638. The van der Waals surface area contributed by atoms with Crippen molar-refractivity contribution in [3.05, 3.63) is 24.3 Å². The molecular formula is C8H11ClN6. The molecule has 0 spiro atoms. The van der Waals surface area contributed by atoms with Gasteiger partial charge >= 0.3 is 0 Å². The molecule has 7 heteroatoms. The van der Waals surface area contributed by atoms with E-state index in [9.17, 15) is 0 Å². The van der Waals surface area contributed by atoms with E-state index in [0.717, 1.165) is 18.2 Å². The lowest BCUT2D eigenvalue weighted by Crippen LogP contribution is -2.09. The predicted octanol–water partition coefficient (Wildman–Crippen LogP) is 0.677. The molecule has 0 aromatic carbocycles. The fraction of sp³-hybridized carbons (Fsp3) is 0.500. The first-order valence-electron chi connectivity index (χ1n) is 4.64. The Balaban J connectivity index is 2.21. The van der Waals surface area contributed by atoms with Crippen LogP contribution < -0.4 is 0 Å². The van der Waals surface area contributed by atoms with Gasteiger partial charge in [-0.15, -0.1) is 32.0 Å². The third-order valence-corrected chi connectivity index (χ3v) is 2.40. The maximum absolute atomic E-state index is 5.72. The number of rotatable bonds is 4. The van der Waals surface area contributed by atoms with Crippen LogP contribution in [0.2, 0.25) is 0 Å². The second-order valence-corrected chi connectivity index (χ2v) is 3.31. The van der Waals surface area contributed by atoms with Crippen molar-refractivity contribution in [3.63, 3.8) is 0 Å². The second kappa shape index (κ2) is 4.39. The lowest BCUT2D eigenvalue weighted by atomic mass is 10.5. The van der Waals surface area contributed by atoms with Crippen LogP contribution in [0.15, 0.2) is 12.7 Å². The van der Waals surface area contributed by atoms with Gasteiger partial charge in [-0.05, 0) is 6.92 Å². The van der Waals surface area contributed by atoms with Crippen molar-refractivity contribution in [1.29, 1.82) is 0 Å². The van der Waals surface area contributed by atoms with Crippen LogP contribution in [0.5, 0.6) is 0 Å². The minimum atomic E-state index is 0.347. The van der Waals surface area contributed by atoms with Crippen LogP contribution >= 0.6 is 11.6 Å². The highest BCUT2D eigenvalue weighted by Crippen LogP contribution is 2.04. The number of aromatic nitrogens is 6. The first-order chi connectivity index (χ1) is 7.35. The molecule has 0 saturated heterocycles. The zero-order chi connectivity index (χ0) is 10.7. The first-order valence-corrected chi connectivity index (χ1v) is 5.18. The fourth-order valence-electron chi connectivity index (χ4n) is 1.33. The van der Waals surface area contributed by atoms with Crippen LogP contribution in [0.1, 0.15) is 18.6 Å². The summed E-state index contributed by atoms with van der Waals surface area (Å²) in [5, 5.41) is 15.6. The topological polar surface area (TPSA) is 61.4 Å². The Morgan fingerprint density at radius 2 is 1.80 bits per heavy atom. The predicted molar refractivity (Wildman–Crippen MR) is 54.4 cm³/mol. The number of nitrogens with zero attached hydrogens (tertiary/aromatic N) is 6. The molecule has 0 atom stereocenters. The number of hydrogen-bond donors (Lipinski definition) is 0. The van der Waals surface area contributed by atoms with E-state index in [0.29, 0.717) is 12.4 Å². The summed E-state index contributed by atoms with van der Waals surface area (Å²) in [5.41, 5.74) is 0. The Hall–Kier alpha value is -1.43. The average Bonchev–Trinajstić information content (AvgIpc) is 2.87. The minimum Gasteiger partial charge on any atom is -0.316 e. The molecule has 0 radical (unpaired) electrons. The molecule has 2 aromatic rings. The highest BCUT2D eigenvalue weighted by molar-refractivity contribution is 6.16. The number of hydrogen-bond acceptors (Lipinski definition) is 4. The van der Waals surface area contributed by atoms with Crippen LogP contribution in [0.3, 0.4) is 0 Å². The molecule has 2 heterocycles. The zero-order valence-corrected chi connectivity index (χ0v) is 9.09. The Morgan fingerprint density at radius 3 is 2.47 bits per heavy atom. The summed E-state index contributed by atoms with van der Waals surface area (Å²) >= 11 is 5.72. The fourth-order valence-corrected chi connectivity index (χ4v) is 1.54. The quantitative estimate of drug-likeness (QED) is 0.720. The van der Waals surface area contributed by atoms with Crippen molar-refractivity contribution in [2.75, 3.05) is 0 Å². The standard InChI is InChI=1S/C8H11ClN6/c1-2-14-5-10-13-8(14)4-15-6-11-12-7(15)3-9/h5-6H,2-4H2,1H3. The molecular weight excluding hydrogens is 216 g/mol.